The van der Waals surface area contributed by atoms with E-state index < -0.39 is 10.0 Å². The van der Waals surface area contributed by atoms with Crippen molar-refractivity contribution in [3.8, 4) is 0 Å². The summed E-state index contributed by atoms with van der Waals surface area (Å²) in [5, 5.41) is 0.619. The van der Waals surface area contributed by atoms with Gasteiger partial charge in [-0.05, 0) is 11.1 Å². The minimum absolute atomic E-state index is 0.0354. The molecule has 2 aromatic rings. The van der Waals surface area contributed by atoms with Crippen molar-refractivity contribution in [1.82, 2.24) is 4.31 Å². The number of alkyl halides is 1. The van der Waals surface area contributed by atoms with Crippen molar-refractivity contribution in [1.29, 1.82) is 0 Å². The van der Waals surface area contributed by atoms with Crippen LogP contribution in [0.3, 0.4) is 0 Å². The summed E-state index contributed by atoms with van der Waals surface area (Å²) in [5.41, 5.74) is 1.81. The van der Waals surface area contributed by atoms with Gasteiger partial charge in [-0.1, -0.05) is 76.6 Å². The van der Waals surface area contributed by atoms with Crippen molar-refractivity contribution in [2.75, 3.05) is 11.9 Å². The van der Waals surface area contributed by atoms with Crippen LogP contribution in [0, 0.1) is 0 Å². The third-order valence-corrected chi connectivity index (χ3v) is 5.27. The summed E-state index contributed by atoms with van der Waals surface area (Å²) in [6, 6.07) is 18.9. The van der Waals surface area contributed by atoms with Gasteiger partial charge in [0.15, 0.2) is 0 Å². The Balaban J connectivity index is 2.16. The zero-order valence-corrected chi connectivity index (χ0v) is 14.1. The van der Waals surface area contributed by atoms with E-state index in [-0.39, 0.29) is 5.75 Å². The van der Waals surface area contributed by atoms with Crippen LogP contribution in [0.2, 0.25) is 0 Å². The first-order valence-electron chi connectivity index (χ1n) is 6.73. The fraction of sp³-hybridized carbons (Fsp3) is 0.250. The van der Waals surface area contributed by atoms with Gasteiger partial charge >= 0.3 is 0 Å². The summed E-state index contributed by atoms with van der Waals surface area (Å²) in [7, 11) is -3.33. The Hall–Kier alpha value is -1.17. The third-order valence-electron chi connectivity index (χ3n) is 3.12. The van der Waals surface area contributed by atoms with Gasteiger partial charge in [0.05, 0.1) is 5.75 Å². The zero-order chi connectivity index (χ0) is 15.1. The molecular weight excluding hydrogens is 350 g/mol. The molecule has 0 unspecified atom stereocenters. The van der Waals surface area contributed by atoms with Gasteiger partial charge in [-0.15, -0.1) is 0 Å². The highest BCUT2D eigenvalue weighted by atomic mass is 79.9. The van der Waals surface area contributed by atoms with Crippen molar-refractivity contribution >= 4 is 26.0 Å². The second kappa shape index (κ2) is 7.73. The summed E-state index contributed by atoms with van der Waals surface area (Å²) < 4.78 is 26.7. The minimum atomic E-state index is -3.33. The first-order valence-corrected chi connectivity index (χ1v) is 9.46. The average molecular weight is 368 g/mol. The SMILES string of the molecule is O=S(=O)(Cc1ccccc1)N(CCBr)Cc1ccccc1. The van der Waals surface area contributed by atoms with Crippen LogP contribution >= 0.6 is 15.9 Å². The first-order chi connectivity index (χ1) is 10.1. The van der Waals surface area contributed by atoms with E-state index >= 15 is 0 Å². The topological polar surface area (TPSA) is 37.4 Å². The van der Waals surface area contributed by atoms with Crippen molar-refractivity contribution in [3.05, 3.63) is 71.8 Å². The van der Waals surface area contributed by atoms with E-state index in [4.69, 9.17) is 0 Å². The van der Waals surface area contributed by atoms with E-state index in [1.54, 1.807) is 0 Å². The molecule has 0 N–H and O–H groups in total. The Bertz CT molecular complexity index is 644. The molecule has 0 aliphatic heterocycles. The molecule has 0 atom stereocenters. The van der Waals surface area contributed by atoms with Crippen LogP contribution in [-0.2, 0) is 22.3 Å². The number of nitrogens with zero attached hydrogens (tertiary/aromatic N) is 1. The molecule has 5 heteroatoms. The molecule has 3 nitrogen and oxygen atoms in total. The lowest BCUT2D eigenvalue weighted by atomic mass is 10.2. The molecule has 0 saturated carbocycles. The van der Waals surface area contributed by atoms with Gasteiger partial charge in [-0.25, -0.2) is 8.42 Å². The molecule has 0 aromatic heterocycles. The highest BCUT2D eigenvalue weighted by Gasteiger charge is 2.22. The van der Waals surface area contributed by atoms with Crippen LogP contribution in [-0.4, -0.2) is 24.6 Å². The van der Waals surface area contributed by atoms with Crippen LogP contribution in [0.25, 0.3) is 0 Å². The van der Waals surface area contributed by atoms with Gasteiger partial charge < -0.3 is 0 Å². The highest BCUT2D eigenvalue weighted by molar-refractivity contribution is 9.09. The standard InChI is InChI=1S/C16H18BrNO2S/c17-11-12-18(13-15-7-3-1-4-8-15)21(19,20)14-16-9-5-2-6-10-16/h1-10H,11-14H2. The molecular formula is C16H18BrNO2S. The Morgan fingerprint density at radius 2 is 1.38 bits per heavy atom. The summed E-state index contributed by atoms with van der Waals surface area (Å²) in [4.78, 5) is 0. The number of hydrogen-bond acceptors (Lipinski definition) is 2. The number of benzene rings is 2. The van der Waals surface area contributed by atoms with Crippen LogP contribution in [0.4, 0.5) is 0 Å². The molecule has 2 rings (SSSR count). The molecule has 0 saturated heterocycles. The van der Waals surface area contributed by atoms with Crippen LogP contribution in [0.15, 0.2) is 60.7 Å². The zero-order valence-electron chi connectivity index (χ0n) is 11.7. The van der Waals surface area contributed by atoms with Crippen molar-refractivity contribution in [2.45, 2.75) is 12.3 Å². The summed E-state index contributed by atoms with van der Waals surface area (Å²) in [6.07, 6.45) is 0. The summed E-state index contributed by atoms with van der Waals surface area (Å²) >= 11 is 3.34. The second-order valence-corrected chi connectivity index (χ2v) is 7.51. The van der Waals surface area contributed by atoms with E-state index in [1.165, 1.54) is 4.31 Å². The molecule has 0 aliphatic carbocycles. The van der Waals surface area contributed by atoms with Crippen LogP contribution < -0.4 is 0 Å². The molecule has 0 amide bonds. The smallest absolute Gasteiger partial charge is 0.212 e. The molecule has 21 heavy (non-hydrogen) atoms. The number of hydrogen-bond donors (Lipinski definition) is 0. The lowest BCUT2D eigenvalue weighted by Gasteiger charge is -2.21. The molecule has 0 heterocycles. The molecule has 0 fully saturated rings. The summed E-state index contributed by atoms with van der Waals surface area (Å²) in [6.45, 7) is 0.867. The Labute approximate surface area is 134 Å². The monoisotopic (exact) mass is 367 g/mol. The lowest BCUT2D eigenvalue weighted by Crippen LogP contribution is -2.33. The first kappa shape index (κ1) is 16.2. The van der Waals surface area contributed by atoms with Crippen LogP contribution in [0.5, 0.6) is 0 Å². The van der Waals surface area contributed by atoms with E-state index in [0.717, 1.165) is 11.1 Å². The average Bonchev–Trinajstić information content (AvgIpc) is 2.48. The number of halogens is 1. The minimum Gasteiger partial charge on any atom is -0.212 e. The Morgan fingerprint density at radius 3 is 1.90 bits per heavy atom. The molecule has 2 aromatic carbocycles. The molecule has 112 valence electrons. The number of sulfonamides is 1. The normalized spacial score (nSPS) is 11.7. The maximum Gasteiger partial charge on any atom is 0.218 e. The maximum absolute atomic E-state index is 12.6. The van der Waals surface area contributed by atoms with Crippen molar-refractivity contribution in [2.24, 2.45) is 0 Å². The number of rotatable bonds is 7. The molecule has 0 bridgehead atoms. The van der Waals surface area contributed by atoms with Gasteiger partial charge in [-0.3, -0.25) is 0 Å². The highest BCUT2D eigenvalue weighted by Crippen LogP contribution is 2.15. The molecule has 0 radical (unpaired) electrons. The van der Waals surface area contributed by atoms with Gasteiger partial charge in [0.2, 0.25) is 10.0 Å². The fourth-order valence-electron chi connectivity index (χ4n) is 2.07. The van der Waals surface area contributed by atoms with Crippen molar-refractivity contribution in [3.63, 3.8) is 0 Å². The van der Waals surface area contributed by atoms with Crippen LogP contribution in [0.1, 0.15) is 11.1 Å². The van der Waals surface area contributed by atoms with Gasteiger partial charge in [0.1, 0.15) is 0 Å². The molecule has 0 aliphatic rings. The largest absolute Gasteiger partial charge is 0.218 e. The predicted octanol–water partition coefficient (Wildman–Crippen LogP) is 3.41. The lowest BCUT2D eigenvalue weighted by molar-refractivity contribution is 0.426. The van der Waals surface area contributed by atoms with E-state index in [0.29, 0.717) is 18.4 Å². The Kier molecular flexibility index (Phi) is 5.96. The summed E-state index contributed by atoms with van der Waals surface area (Å²) in [5.74, 6) is 0.0354. The van der Waals surface area contributed by atoms with Gasteiger partial charge in [0.25, 0.3) is 0 Å². The van der Waals surface area contributed by atoms with E-state index in [2.05, 4.69) is 15.9 Å². The molecule has 0 spiro atoms. The second-order valence-electron chi connectivity index (χ2n) is 4.75. The Morgan fingerprint density at radius 1 is 0.857 bits per heavy atom. The fourth-order valence-corrected chi connectivity index (χ4v) is 4.25. The van der Waals surface area contributed by atoms with Crippen molar-refractivity contribution < 1.29 is 8.42 Å². The third kappa shape index (κ3) is 4.95. The van der Waals surface area contributed by atoms with E-state index in [9.17, 15) is 8.42 Å². The maximum atomic E-state index is 12.6. The quantitative estimate of drug-likeness (QED) is 0.703. The van der Waals surface area contributed by atoms with E-state index in [1.807, 2.05) is 60.7 Å². The van der Waals surface area contributed by atoms with Gasteiger partial charge in [0, 0.05) is 18.4 Å². The van der Waals surface area contributed by atoms with Gasteiger partial charge in [-0.2, -0.15) is 4.31 Å². The predicted molar refractivity (Wildman–Crippen MR) is 89.7 cm³/mol.